The molecule has 0 radical (unpaired) electrons. The zero-order valence-corrected chi connectivity index (χ0v) is 20.1. The molecule has 1 fully saturated rings. The second-order valence-corrected chi connectivity index (χ2v) is 11.8. The van der Waals surface area contributed by atoms with Crippen molar-refractivity contribution < 1.29 is 61.4 Å². The fraction of sp³-hybridized carbons (Fsp3) is 0.467. The first-order valence-corrected chi connectivity index (χ1v) is 13.8. The van der Waals surface area contributed by atoms with Crippen LogP contribution in [0.2, 0.25) is 0 Å². The van der Waals surface area contributed by atoms with Crippen LogP contribution >= 0.6 is 23.5 Å². The summed E-state index contributed by atoms with van der Waals surface area (Å²) in [6.45, 7) is 2.61. The van der Waals surface area contributed by atoms with Gasteiger partial charge in [0, 0.05) is 11.3 Å². The highest BCUT2D eigenvalue weighted by Crippen LogP contribution is 2.66. The minimum Gasteiger partial charge on any atom is -0.387 e. The van der Waals surface area contributed by atoms with Gasteiger partial charge in [-0.15, -0.1) is 0 Å². The van der Waals surface area contributed by atoms with Crippen LogP contribution < -0.4 is 5.56 Å². The first-order chi connectivity index (χ1) is 15.5. The summed E-state index contributed by atoms with van der Waals surface area (Å²) in [5.74, 6) is 0.286. The lowest BCUT2D eigenvalue weighted by Crippen LogP contribution is -2.33. The molecule has 0 saturated carbocycles. The molecule has 3 rings (SSSR count). The third kappa shape index (κ3) is 6.45. The molecule has 0 bridgehead atoms. The molecule has 34 heavy (non-hydrogen) atoms. The van der Waals surface area contributed by atoms with E-state index < -0.39 is 60.1 Å². The van der Waals surface area contributed by atoms with E-state index in [1.54, 1.807) is 13.0 Å². The van der Waals surface area contributed by atoms with E-state index in [4.69, 9.17) is 19.4 Å². The lowest BCUT2D eigenvalue weighted by atomic mass is 10.00. The first-order valence-electron chi connectivity index (χ1n) is 9.29. The number of ether oxygens (including phenoxy) is 1. The molecule has 190 valence electrons. The van der Waals surface area contributed by atoms with Crippen LogP contribution in [0.3, 0.4) is 0 Å². The highest BCUT2D eigenvalue weighted by molar-refractivity contribution is 7.66. The van der Waals surface area contributed by atoms with Gasteiger partial charge in [-0.3, -0.25) is 9.32 Å². The van der Waals surface area contributed by atoms with Gasteiger partial charge < -0.3 is 39.5 Å². The van der Waals surface area contributed by atoms with E-state index >= 15 is 0 Å². The van der Waals surface area contributed by atoms with Crippen LogP contribution in [0.4, 0.5) is 0 Å². The molecule has 0 spiro atoms. The molecule has 6 atom stereocenters. The number of rotatable bonds is 8. The molecule has 7 N–H and O–H groups in total. The third-order valence-electron chi connectivity index (χ3n) is 4.80. The molecule has 0 aliphatic carbocycles. The summed E-state index contributed by atoms with van der Waals surface area (Å²) in [6, 6.07) is 3.14. The Balaban J connectivity index is 1.75. The number of nitrogens with one attached hydrogen (secondary N) is 1. The van der Waals surface area contributed by atoms with Crippen molar-refractivity contribution in [2.75, 3.05) is 6.61 Å². The van der Waals surface area contributed by atoms with Crippen molar-refractivity contribution in [3.8, 4) is 11.4 Å². The minimum absolute atomic E-state index is 0.114. The number of aliphatic hydroxyl groups is 2. The van der Waals surface area contributed by atoms with Crippen molar-refractivity contribution in [1.29, 1.82) is 0 Å². The molecule has 0 amide bonds. The van der Waals surface area contributed by atoms with Crippen molar-refractivity contribution in [1.82, 2.24) is 9.97 Å². The van der Waals surface area contributed by atoms with Crippen LogP contribution in [0.5, 0.6) is 0 Å². The fourth-order valence-corrected chi connectivity index (χ4v) is 6.20. The number of hydrogen-bond acceptors (Lipinski definition) is 11. The molecule has 0 aromatic rings. The fourth-order valence-electron chi connectivity index (χ4n) is 3.17. The van der Waals surface area contributed by atoms with Gasteiger partial charge in [-0.2, -0.15) is 13.6 Å². The normalized spacial score (nSPS) is 26.9. The first kappa shape index (κ1) is 27.2. The van der Waals surface area contributed by atoms with Crippen LogP contribution in [0.1, 0.15) is 22.9 Å². The van der Waals surface area contributed by atoms with E-state index in [-0.39, 0.29) is 11.4 Å². The van der Waals surface area contributed by atoms with E-state index in [1.165, 1.54) is 6.07 Å². The van der Waals surface area contributed by atoms with Crippen LogP contribution in [0, 0.1) is 13.8 Å². The van der Waals surface area contributed by atoms with Crippen LogP contribution in [0.25, 0.3) is 11.4 Å². The van der Waals surface area contributed by atoms with Gasteiger partial charge in [0.05, 0.1) is 12.2 Å². The van der Waals surface area contributed by atoms with Crippen LogP contribution in [0.15, 0.2) is 16.9 Å². The number of hydrogen-bond donors (Lipinski definition) is 7. The number of pyridine rings is 2. The standard InChI is InChI=1S/C15H21N2O14P3/c1-6-3-8-4-9(15(20)17-14(8)16-7(6)2)13-12(19)11(18)10(29-13)5-28-33(24,25)31-34(26,27)30-32(21,22)23/h3-4,10-13,18-19H,5H2,1-2H3,(H,24,25)(H,26,27)(H,16,17,20)(H2,21,22,23)/t10-,11+,12?,13+/m1/s1. The van der Waals surface area contributed by atoms with Crippen LogP contribution in [-0.2, 0) is 31.6 Å². The maximum Gasteiger partial charge on any atom is 0.490 e. The van der Waals surface area contributed by atoms with E-state index in [9.17, 15) is 33.6 Å². The van der Waals surface area contributed by atoms with Gasteiger partial charge in [-0.05, 0) is 31.5 Å². The number of aliphatic hydroxyl groups excluding tert-OH is 2. The summed E-state index contributed by atoms with van der Waals surface area (Å²) in [5, 5.41) is 20.6. The summed E-state index contributed by atoms with van der Waals surface area (Å²) in [5.41, 5.74) is 1.28. The Morgan fingerprint density at radius 2 is 1.68 bits per heavy atom. The number of nitrogens with zero attached hydrogens (tertiary/aromatic N) is 1. The van der Waals surface area contributed by atoms with Gasteiger partial charge in [0.2, 0.25) is 0 Å². The maximum atomic E-state index is 12.5. The number of phosphoric ester groups is 1. The van der Waals surface area contributed by atoms with E-state index in [1.807, 2.05) is 6.92 Å². The second kappa shape index (κ2) is 9.60. The molecule has 0 aromatic heterocycles. The lowest BCUT2D eigenvalue weighted by molar-refractivity contribution is -0.0226. The van der Waals surface area contributed by atoms with Crippen molar-refractivity contribution >= 4 is 23.5 Å². The predicted octanol–water partition coefficient (Wildman–Crippen LogP) is -0.00346. The Morgan fingerprint density at radius 3 is 2.29 bits per heavy atom. The molecular weight excluding hydrogens is 525 g/mol. The summed E-state index contributed by atoms with van der Waals surface area (Å²) >= 11 is 0. The largest absolute Gasteiger partial charge is 0.490 e. The van der Waals surface area contributed by atoms with Crippen molar-refractivity contribution in [2.24, 2.45) is 0 Å². The molecule has 3 aliphatic rings. The summed E-state index contributed by atoms with van der Waals surface area (Å²) in [6.07, 6.45) is -6.35. The zero-order chi connectivity index (χ0) is 25.6. The smallest absolute Gasteiger partial charge is 0.387 e. The summed E-state index contributed by atoms with van der Waals surface area (Å²) in [7, 11) is -16.8. The van der Waals surface area contributed by atoms with Gasteiger partial charge in [0.15, 0.2) is 0 Å². The average molecular weight is 546 g/mol. The molecule has 3 unspecified atom stereocenters. The molecule has 3 aliphatic heterocycles. The molecule has 3 heterocycles. The maximum absolute atomic E-state index is 12.5. The SMILES string of the molecule is Cc1cc2cc([C@@H]3O[C@H](COP(=O)(O)OP(=O)(O)OP(=O)(O)O)[C@H](O)C3O)c(=O)nc-2[nH]c1C. The van der Waals surface area contributed by atoms with Gasteiger partial charge in [-0.1, -0.05) is 0 Å². The van der Waals surface area contributed by atoms with Gasteiger partial charge >= 0.3 is 23.5 Å². The van der Waals surface area contributed by atoms with Gasteiger partial charge in [0.1, 0.15) is 30.2 Å². The van der Waals surface area contributed by atoms with Gasteiger partial charge in [-0.25, -0.2) is 13.7 Å². The molecule has 19 heteroatoms. The number of fused-ring (bicyclic) bond motifs is 1. The third-order valence-corrected chi connectivity index (χ3v) is 8.60. The minimum atomic E-state index is -5.73. The number of aromatic nitrogens is 2. The number of aryl methyl sites for hydroxylation is 2. The predicted molar refractivity (Wildman–Crippen MR) is 110 cm³/mol. The van der Waals surface area contributed by atoms with Crippen molar-refractivity contribution in [3.05, 3.63) is 39.3 Å². The average Bonchev–Trinajstić information content (AvgIpc) is 2.93. The van der Waals surface area contributed by atoms with Crippen molar-refractivity contribution in [3.63, 3.8) is 0 Å². The second-order valence-electron chi connectivity index (χ2n) is 7.36. The Morgan fingerprint density at radius 1 is 1.03 bits per heavy atom. The zero-order valence-electron chi connectivity index (χ0n) is 17.4. The van der Waals surface area contributed by atoms with Gasteiger partial charge in [0.25, 0.3) is 5.56 Å². The lowest BCUT2D eigenvalue weighted by Gasteiger charge is -2.19. The topological polar surface area (TPSA) is 255 Å². The van der Waals surface area contributed by atoms with E-state index in [0.717, 1.165) is 11.3 Å². The quantitative estimate of drug-likeness (QED) is 0.215. The Labute approximate surface area is 190 Å². The molecule has 1 saturated heterocycles. The number of H-pyrrole nitrogens is 1. The molecule has 16 nitrogen and oxygen atoms in total. The van der Waals surface area contributed by atoms with E-state index in [2.05, 4.69) is 23.1 Å². The highest BCUT2D eigenvalue weighted by Gasteiger charge is 2.47. The Kier molecular flexibility index (Phi) is 7.69. The highest BCUT2D eigenvalue weighted by atomic mass is 31.3. The van der Waals surface area contributed by atoms with E-state index in [0.29, 0.717) is 5.56 Å². The van der Waals surface area contributed by atoms with Crippen molar-refractivity contribution in [2.45, 2.75) is 38.3 Å². The Bertz CT molecular complexity index is 1240. The summed E-state index contributed by atoms with van der Waals surface area (Å²) in [4.78, 5) is 55.1. The Hall–Kier alpha value is -1.35. The van der Waals surface area contributed by atoms with Crippen LogP contribution in [-0.4, -0.2) is 64.7 Å². The number of aromatic amines is 1. The monoisotopic (exact) mass is 546 g/mol. The molecule has 0 aromatic carbocycles. The molecular formula is C15H21N2O14P3. The number of phosphoric acid groups is 3. The summed E-state index contributed by atoms with van der Waals surface area (Å²) < 4.78 is 50.9.